The number of carbonyl (C=O) groups is 1. The molecule has 0 N–H and O–H groups in total. The lowest BCUT2D eigenvalue weighted by molar-refractivity contribution is -0.123. The molecule has 0 unspecified atom stereocenters. The molecule has 1 aliphatic rings. The molecule has 7 nitrogen and oxygen atoms in total. The fraction of sp³-hybridized carbons (Fsp3) is 0.261. The van der Waals surface area contributed by atoms with Crippen LogP contribution in [-0.2, 0) is 21.4 Å². The Labute approximate surface area is 224 Å². The monoisotopic (exact) mass is 610 g/mol. The maximum absolute atomic E-state index is 13.7. The van der Waals surface area contributed by atoms with E-state index in [9.17, 15) is 13.2 Å². The fourth-order valence-corrected chi connectivity index (χ4v) is 8.65. The lowest BCUT2D eigenvalue weighted by Gasteiger charge is -2.32. The molecule has 3 aromatic heterocycles. The molecule has 35 heavy (non-hydrogen) atoms. The lowest BCUT2D eigenvalue weighted by Crippen LogP contribution is -2.44. The minimum absolute atomic E-state index is 0.0648. The van der Waals surface area contributed by atoms with Crippen molar-refractivity contribution in [1.82, 2.24) is 14.3 Å². The summed E-state index contributed by atoms with van der Waals surface area (Å²) in [5.74, 6) is -0.374. The first kappa shape index (κ1) is 24.8. The fourth-order valence-electron chi connectivity index (χ4n) is 4.02. The van der Waals surface area contributed by atoms with Crippen LogP contribution < -0.4 is 4.90 Å². The van der Waals surface area contributed by atoms with Crippen LogP contribution in [0.4, 0.5) is 5.13 Å². The van der Waals surface area contributed by atoms with Gasteiger partial charge in [-0.25, -0.2) is 13.4 Å². The zero-order valence-electron chi connectivity index (χ0n) is 18.3. The SMILES string of the molecule is O=C(C1CCN(S(=O)(=O)c2ccc(Cl)s2)CC1)N(Cc1ccccn1)c1nc2ccc(Br)cc2s1. The van der Waals surface area contributed by atoms with E-state index in [0.717, 1.165) is 31.7 Å². The molecule has 4 aromatic rings. The van der Waals surface area contributed by atoms with Crippen molar-refractivity contribution in [3.63, 3.8) is 0 Å². The zero-order chi connectivity index (χ0) is 24.6. The van der Waals surface area contributed by atoms with Crippen molar-refractivity contribution >= 4 is 81.5 Å². The van der Waals surface area contributed by atoms with E-state index in [0.29, 0.717) is 28.9 Å². The maximum Gasteiger partial charge on any atom is 0.252 e. The van der Waals surface area contributed by atoms with Crippen molar-refractivity contribution < 1.29 is 13.2 Å². The number of hydrogen-bond donors (Lipinski definition) is 0. The number of thiophene rings is 1. The number of carbonyl (C=O) groups excluding carboxylic acids is 1. The number of anilines is 1. The van der Waals surface area contributed by atoms with Gasteiger partial charge in [0, 0.05) is 29.7 Å². The number of benzene rings is 1. The molecule has 0 spiro atoms. The van der Waals surface area contributed by atoms with E-state index in [-0.39, 0.29) is 29.1 Å². The van der Waals surface area contributed by atoms with Gasteiger partial charge in [0.2, 0.25) is 5.91 Å². The standard InChI is InChI=1S/C23H20BrClN4O3S3/c24-16-4-5-18-19(13-16)33-23(27-18)29(14-17-3-1-2-10-26-17)22(30)15-8-11-28(12-9-15)35(31,32)21-7-6-20(25)34-21/h1-7,10,13,15H,8-9,11-12,14H2. The number of halogens is 2. The lowest BCUT2D eigenvalue weighted by atomic mass is 9.96. The van der Waals surface area contributed by atoms with Gasteiger partial charge in [-0.1, -0.05) is 44.9 Å². The molecule has 1 aromatic carbocycles. The Hall–Kier alpha value is -1.89. The molecule has 1 fully saturated rings. The average molecular weight is 612 g/mol. The van der Waals surface area contributed by atoms with Crippen molar-refractivity contribution in [3.8, 4) is 0 Å². The highest BCUT2D eigenvalue weighted by atomic mass is 79.9. The number of rotatable bonds is 6. The second kappa shape index (κ2) is 10.2. The quantitative estimate of drug-likeness (QED) is 0.275. The van der Waals surface area contributed by atoms with Gasteiger partial charge in [0.15, 0.2) is 5.13 Å². The number of hydrogen-bond acceptors (Lipinski definition) is 7. The van der Waals surface area contributed by atoms with E-state index in [2.05, 4.69) is 20.9 Å². The number of nitrogens with zero attached hydrogens (tertiary/aromatic N) is 4. The van der Waals surface area contributed by atoms with E-state index in [1.165, 1.54) is 21.7 Å². The topological polar surface area (TPSA) is 83.5 Å². The van der Waals surface area contributed by atoms with Gasteiger partial charge < -0.3 is 0 Å². The molecule has 0 bridgehead atoms. The Morgan fingerprint density at radius 1 is 1.14 bits per heavy atom. The molecule has 12 heteroatoms. The molecule has 1 saturated heterocycles. The van der Waals surface area contributed by atoms with E-state index >= 15 is 0 Å². The van der Waals surface area contributed by atoms with E-state index in [1.54, 1.807) is 17.2 Å². The van der Waals surface area contributed by atoms with Gasteiger partial charge in [-0.3, -0.25) is 14.7 Å². The van der Waals surface area contributed by atoms with Gasteiger partial charge in [-0.05, 0) is 55.3 Å². The third-order valence-corrected chi connectivity index (χ3v) is 11.0. The summed E-state index contributed by atoms with van der Waals surface area (Å²) in [6, 6.07) is 14.5. The molecular formula is C23H20BrClN4O3S3. The molecule has 0 saturated carbocycles. The van der Waals surface area contributed by atoms with Crippen LogP contribution in [0.3, 0.4) is 0 Å². The highest BCUT2D eigenvalue weighted by Crippen LogP contribution is 2.35. The largest absolute Gasteiger partial charge is 0.282 e. The molecule has 0 radical (unpaired) electrons. The first-order valence-corrected chi connectivity index (χ1v) is 15.1. The minimum Gasteiger partial charge on any atom is -0.282 e. The Morgan fingerprint density at radius 3 is 2.63 bits per heavy atom. The molecule has 0 atom stereocenters. The van der Waals surface area contributed by atoms with Gasteiger partial charge in [0.05, 0.1) is 26.8 Å². The van der Waals surface area contributed by atoms with E-state index in [1.807, 2.05) is 36.4 Å². The summed E-state index contributed by atoms with van der Waals surface area (Å²) in [5, 5.41) is 0.608. The van der Waals surface area contributed by atoms with Crippen molar-refractivity contribution in [2.24, 2.45) is 5.92 Å². The Bertz CT molecular complexity index is 1470. The second-order valence-electron chi connectivity index (χ2n) is 8.09. The van der Waals surface area contributed by atoms with Crippen molar-refractivity contribution in [3.05, 3.63) is 69.2 Å². The highest BCUT2D eigenvalue weighted by Gasteiger charge is 2.35. The van der Waals surface area contributed by atoms with Crippen LogP contribution in [0.5, 0.6) is 0 Å². The molecule has 0 aliphatic carbocycles. The van der Waals surface area contributed by atoms with Gasteiger partial charge in [0.25, 0.3) is 10.0 Å². The average Bonchev–Trinajstić information content (AvgIpc) is 3.49. The third kappa shape index (κ3) is 5.30. The van der Waals surface area contributed by atoms with Crippen molar-refractivity contribution in [2.45, 2.75) is 23.6 Å². The zero-order valence-corrected chi connectivity index (χ0v) is 23.1. The van der Waals surface area contributed by atoms with Crippen LogP contribution in [0.2, 0.25) is 4.34 Å². The van der Waals surface area contributed by atoms with Gasteiger partial charge >= 0.3 is 0 Å². The number of aromatic nitrogens is 2. The predicted molar refractivity (Wildman–Crippen MR) is 144 cm³/mol. The van der Waals surface area contributed by atoms with Crippen LogP contribution in [0.1, 0.15) is 18.5 Å². The van der Waals surface area contributed by atoms with Gasteiger partial charge in [-0.15, -0.1) is 11.3 Å². The number of amides is 1. The normalized spacial score (nSPS) is 15.5. The van der Waals surface area contributed by atoms with E-state index in [4.69, 9.17) is 16.6 Å². The van der Waals surface area contributed by atoms with Crippen LogP contribution in [-0.4, -0.2) is 41.7 Å². The molecule has 5 rings (SSSR count). The summed E-state index contributed by atoms with van der Waals surface area (Å²) in [6.45, 7) is 0.851. The third-order valence-electron chi connectivity index (χ3n) is 5.83. The number of pyridine rings is 1. The smallest absolute Gasteiger partial charge is 0.252 e. The minimum atomic E-state index is -3.61. The Balaban J connectivity index is 1.37. The number of sulfonamides is 1. The van der Waals surface area contributed by atoms with Crippen LogP contribution >= 0.6 is 50.2 Å². The first-order valence-electron chi connectivity index (χ1n) is 10.8. The number of fused-ring (bicyclic) bond motifs is 1. The van der Waals surface area contributed by atoms with E-state index < -0.39 is 10.0 Å². The highest BCUT2D eigenvalue weighted by molar-refractivity contribution is 9.10. The van der Waals surface area contributed by atoms with Crippen molar-refractivity contribution in [2.75, 3.05) is 18.0 Å². The van der Waals surface area contributed by atoms with Crippen molar-refractivity contribution in [1.29, 1.82) is 0 Å². The molecule has 4 heterocycles. The molecular weight excluding hydrogens is 592 g/mol. The first-order chi connectivity index (χ1) is 16.8. The molecule has 1 aliphatic heterocycles. The summed E-state index contributed by atoms with van der Waals surface area (Å²) >= 11 is 11.9. The van der Waals surface area contributed by atoms with Crippen LogP contribution in [0.15, 0.2) is 63.4 Å². The van der Waals surface area contributed by atoms with Gasteiger partial charge in [-0.2, -0.15) is 4.31 Å². The summed E-state index contributed by atoms with van der Waals surface area (Å²) < 4.78 is 29.9. The Kier molecular flexibility index (Phi) is 7.25. The second-order valence-corrected chi connectivity index (χ2v) is 13.9. The maximum atomic E-state index is 13.7. The summed E-state index contributed by atoms with van der Waals surface area (Å²) in [6.07, 6.45) is 2.58. The van der Waals surface area contributed by atoms with Crippen LogP contribution in [0.25, 0.3) is 10.2 Å². The number of piperidine rings is 1. The number of thiazole rings is 1. The van der Waals surface area contributed by atoms with Gasteiger partial charge in [0.1, 0.15) is 4.21 Å². The predicted octanol–water partition coefficient (Wildman–Crippen LogP) is 5.80. The summed E-state index contributed by atoms with van der Waals surface area (Å²) in [4.78, 5) is 24.6. The van der Waals surface area contributed by atoms with Crippen LogP contribution in [0, 0.1) is 5.92 Å². The summed E-state index contributed by atoms with van der Waals surface area (Å²) in [7, 11) is -3.61. The molecule has 182 valence electrons. The summed E-state index contributed by atoms with van der Waals surface area (Å²) in [5.41, 5.74) is 1.58. The molecule has 1 amide bonds. The Morgan fingerprint density at radius 2 is 1.94 bits per heavy atom.